The first-order chi connectivity index (χ1) is 8.75. The van der Waals surface area contributed by atoms with Gasteiger partial charge in [-0.3, -0.25) is 0 Å². The number of piperazine rings is 1. The van der Waals surface area contributed by atoms with E-state index in [0.717, 1.165) is 25.9 Å². The Morgan fingerprint density at radius 3 is 2.89 bits per heavy atom. The molecule has 2 unspecified atom stereocenters. The van der Waals surface area contributed by atoms with Crippen molar-refractivity contribution in [2.24, 2.45) is 0 Å². The van der Waals surface area contributed by atoms with Gasteiger partial charge in [-0.15, -0.1) is 0 Å². The molecule has 2 aliphatic rings. The van der Waals surface area contributed by atoms with Crippen molar-refractivity contribution in [1.82, 2.24) is 5.32 Å². The van der Waals surface area contributed by atoms with Crippen molar-refractivity contribution in [2.75, 3.05) is 18.0 Å². The molecule has 0 amide bonds. The number of nitrogens with one attached hydrogen (secondary N) is 1. The molecular weight excluding hydrogens is 234 g/mol. The van der Waals surface area contributed by atoms with E-state index in [2.05, 4.69) is 10.2 Å². The van der Waals surface area contributed by atoms with Gasteiger partial charge in [0, 0.05) is 31.2 Å². The number of benzene rings is 1. The van der Waals surface area contributed by atoms with E-state index in [9.17, 15) is 8.78 Å². The largest absolute Gasteiger partial charge is 0.363 e. The molecule has 18 heavy (non-hydrogen) atoms. The van der Waals surface area contributed by atoms with Gasteiger partial charge in [0.15, 0.2) is 0 Å². The Morgan fingerprint density at radius 2 is 2.00 bits per heavy atom. The zero-order valence-corrected chi connectivity index (χ0v) is 10.3. The van der Waals surface area contributed by atoms with Crippen LogP contribution in [0.3, 0.4) is 0 Å². The number of halogens is 2. The number of nitrogens with zero attached hydrogens (tertiary/aromatic N) is 1. The average Bonchev–Trinajstić information content (AvgIpc) is 2.41. The Labute approximate surface area is 106 Å². The molecule has 2 atom stereocenters. The summed E-state index contributed by atoms with van der Waals surface area (Å²) in [5, 5.41) is 3.50. The van der Waals surface area contributed by atoms with Crippen LogP contribution in [0.2, 0.25) is 0 Å². The van der Waals surface area contributed by atoms with E-state index in [1.807, 2.05) is 0 Å². The number of hydrogen-bond acceptors (Lipinski definition) is 2. The molecule has 98 valence electrons. The summed E-state index contributed by atoms with van der Waals surface area (Å²) in [7, 11) is 0. The highest BCUT2D eigenvalue weighted by molar-refractivity contribution is 5.50. The fourth-order valence-corrected chi connectivity index (χ4v) is 3.26. The van der Waals surface area contributed by atoms with Crippen LogP contribution < -0.4 is 10.2 Å². The lowest BCUT2D eigenvalue weighted by molar-refractivity contribution is 0.282. The van der Waals surface area contributed by atoms with Crippen molar-refractivity contribution >= 4 is 5.69 Å². The predicted molar refractivity (Wildman–Crippen MR) is 67.8 cm³/mol. The van der Waals surface area contributed by atoms with Crippen LogP contribution in [0.1, 0.15) is 25.7 Å². The van der Waals surface area contributed by atoms with Gasteiger partial charge in [-0.05, 0) is 25.0 Å². The van der Waals surface area contributed by atoms with Gasteiger partial charge in [0.25, 0.3) is 0 Å². The number of hydrogen-bond donors (Lipinski definition) is 1. The molecule has 0 aromatic heterocycles. The molecular formula is C14H18F2N2. The van der Waals surface area contributed by atoms with Crippen LogP contribution >= 0.6 is 0 Å². The first-order valence-electron chi connectivity index (χ1n) is 6.71. The van der Waals surface area contributed by atoms with E-state index in [1.165, 1.54) is 31.0 Å². The average molecular weight is 252 g/mol. The SMILES string of the molecule is Fc1ccc(F)c(N2CCNC3CCCCC32)c1. The third kappa shape index (κ3) is 2.09. The summed E-state index contributed by atoms with van der Waals surface area (Å²) in [4.78, 5) is 2.05. The van der Waals surface area contributed by atoms with Gasteiger partial charge in [-0.2, -0.15) is 0 Å². The van der Waals surface area contributed by atoms with Crippen molar-refractivity contribution in [1.29, 1.82) is 0 Å². The molecule has 2 nitrogen and oxygen atoms in total. The zero-order valence-electron chi connectivity index (χ0n) is 10.3. The maximum absolute atomic E-state index is 13.9. The van der Waals surface area contributed by atoms with Gasteiger partial charge in [-0.25, -0.2) is 8.78 Å². The number of anilines is 1. The summed E-state index contributed by atoms with van der Waals surface area (Å²) < 4.78 is 27.2. The van der Waals surface area contributed by atoms with Crippen molar-refractivity contribution in [3.63, 3.8) is 0 Å². The van der Waals surface area contributed by atoms with Crippen LogP contribution in [0.25, 0.3) is 0 Å². The van der Waals surface area contributed by atoms with Crippen LogP contribution in [-0.2, 0) is 0 Å². The molecule has 0 bridgehead atoms. The molecule has 1 N–H and O–H groups in total. The minimum Gasteiger partial charge on any atom is -0.363 e. The summed E-state index contributed by atoms with van der Waals surface area (Å²) >= 11 is 0. The molecule has 1 aliphatic heterocycles. The standard InChI is InChI=1S/C14H18F2N2/c15-10-5-6-11(16)14(9-10)18-8-7-17-12-3-1-2-4-13(12)18/h5-6,9,12-13,17H,1-4,7-8H2. The normalized spacial score (nSPS) is 28.0. The van der Waals surface area contributed by atoms with E-state index in [1.54, 1.807) is 0 Å². The first-order valence-corrected chi connectivity index (χ1v) is 6.71. The summed E-state index contributed by atoms with van der Waals surface area (Å²) in [6, 6.07) is 4.47. The number of rotatable bonds is 1. The molecule has 0 spiro atoms. The molecule has 0 radical (unpaired) electrons. The van der Waals surface area contributed by atoms with Gasteiger partial charge in [0.05, 0.1) is 5.69 Å². The fourth-order valence-electron chi connectivity index (χ4n) is 3.26. The van der Waals surface area contributed by atoms with Gasteiger partial charge < -0.3 is 10.2 Å². The van der Waals surface area contributed by atoms with Gasteiger partial charge in [-0.1, -0.05) is 12.8 Å². The van der Waals surface area contributed by atoms with E-state index < -0.39 is 0 Å². The Bertz CT molecular complexity index is 434. The smallest absolute Gasteiger partial charge is 0.146 e. The summed E-state index contributed by atoms with van der Waals surface area (Å²) in [6.45, 7) is 1.60. The molecule has 1 aromatic rings. The monoisotopic (exact) mass is 252 g/mol. The second-order valence-electron chi connectivity index (χ2n) is 5.20. The van der Waals surface area contributed by atoms with Crippen molar-refractivity contribution in [3.8, 4) is 0 Å². The predicted octanol–water partition coefficient (Wildman–Crippen LogP) is 2.69. The van der Waals surface area contributed by atoms with Gasteiger partial charge >= 0.3 is 0 Å². The van der Waals surface area contributed by atoms with Crippen LogP contribution in [0, 0.1) is 11.6 Å². The van der Waals surface area contributed by atoms with E-state index >= 15 is 0 Å². The van der Waals surface area contributed by atoms with E-state index in [0.29, 0.717) is 17.8 Å². The molecule has 1 heterocycles. The number of fused-ring (bicyclic) bond motifs is 1. The third-order valence-corrected chi connectivity index (χ3v) is 4.11. The highest BCUT2D eigenvalue weighted by atomic mass is 19.1. The third-order valence-electron chi connectivity index (χ3n) is 4.11. The lowest BCUT2D eigenvalue weighted by atomic mass is 9.87. The second kappa shape index (κ2) is 4.84. The summed E-state index contributed by atoms with van der Waals surface area (Å²) in [5.41, 5.74) is 0.424. The fraction of sp³-hybridized carbons (Fsp3) is 0.571. The van der Waals surface area contributed by atoms with Crippen LogP contribution in [0.4, 0.5) is 14.5 Å². The summed E-state index contributed by atoms with van der Waals surface area (Å²) in [5.74, 6) is -0.681. The highest BCUT2D eigenvalue weighted by Gasteiger charge is 2.34. The maximum Gasteiger partial charge on any atom is 0.146 e. The molecule has 1 saturated carbocycles. The lowest BCUT2D eigenvalue weighted by Crippen LogP contribution is -2.59. The minimum atomic E-state index is -0.364. The van der Waals surface area contributed by atoms with E-state index in [-0.39, 0.29) is 11.6 Å². The van der Waals surface area contributed by atoms with Crippen LogP contribution in [-0.4, -0.2) is 25.2 Å². The Hall–Kier alpha value is -1.16. The van der Waals surface area contributed by atoms with Crippen LogP contribution in [0.15, 0.2) is 18.2 Å². The van der Waals surface area contributed by atoms with Crippen molar-refractivity contribution in [3.05, 3.63) is 29.8 Å². The van der Waals surface area contributed by atoms with E-state index in [4.69, 9.17) is 0 Å². The minimum absolute atomic E-state index is 0.309. The molecule has 4 heteroatoms. The molecule has 2 fully saturated rings. The van der Waals surface area contributed by atoms with Crippen LogP contribution in [0.5, 0.6) is 0 Å². The van der Waals surface area contributed by atoms with Gasteiger partial charge in [0.1, 0.15) is 11.6 Å². The molecule has 3 rings (SSSR count). The quantitative estimate of drug-likeness (QED) is 0.826. The zero-order chi connectivity index (χ0) is 12.5. The van der Waals surface area contributed by atoms with Crippen molar-refractivity contribution in [2.45, 2.75) is 37.8 Å². The van der Waals surface area contributed by atoms with Crippen molar-refractivity contribution < 1.29 is 8.78 Å². The topological polar surface area (TPSA) is 15.3 Å². The van der Waals surface area contributed by atoms with Gasteiger partial charge in [0.2, 0.25) is 0 Å². The molecule has 1 aliphatic carbocycles. The maximum atomic E-state index is 13.9. The Balaban J connectivity index is 1.91. The molecule has 1 aromatic carbocycles. The lowest BCUT2D eigenvalue weighted by Gasteiger charge is -2.46. The summed E-state index contributed by atoms with van der Waals surface area (Å²) in [6.07, 6.45) is 4.61. The Kier molecular flexibility index (Phi) is 3.20. The first kappa shape index (κ1) is 11.9. The second-order valence-corrected chi connectivity index (χ2v) is 5.20. The Morgan fingerprint density at radius 1 is 1.17 bits per heavy atom. The highest BCUT2D eigenvalue weighted by Crippen LogP contribution is 2.31. The molecule has 1 saturated heterocycles.